The van der Waals surface area contributed by atoms with Gasteiger partial charge in [0.1, 0.15) is 0 Å². The first kappa shape index (κ1) is 12.0. The number of benzene rings is 2. The Labute approximate surface area is 113 Å². The molecule has 0 unspecified atom stereocenters. The summed E-state index contributed by atoms with van der Waals surface area (Å²) in [5, 5.41) is 0. The summed E-state index contributed by atoms with van der Waals surface area (Å²) in [6, 6.07) is 20.8. The highest BCUT2D eigenvalue weighted by molar-refractivity contribution is 5.80. The van der Waals surface area contributed by atoms with Crippen LogP contribution in [-0.2, 0) is 4.79 Å². The van der Waals surface area contributed by atoms with Crippen LogP contribution in [0, 0.1) is 0 Å². The Balaban J connectivity index is 2.01. The lowest BCUT2D eigenvalue weighted by molar-refractivity contribution is -0.127. The third-order valence-corrected chi connectivity index (χ3v) is 3.96. The fraction of sp³-hybridized carbons (Fsp3) is 0.235. The molecular weight excluding hydrogens is 234 g/mol. The van der Waals surface area contributed by atoms with Crippen molar-refractivity contribution in [3.05, 3.63) is 71.8 Å². The predicted octanol–water partition coefficient (Wildman–Crippen LogP) is 3.37. The van der Waals surface area contributed by atoms with Gasteiger partial charge in [-0.2, -0.15) is 0 Å². The normalized spacial score (nSPS) is 22.8. The molecule has 2 heteroatoms. The predicted molar refractivity (Wildman–Crippen MR) is 75.8 cm³/mol. The van der Waals surface area contributed by atoms with Crippen molar-refractivity contribution in [3.63, 3.8) is 0 Å². The summed E-state index contributed by atoms with van der Waals surface area (Å²) in [5.74, 6) is 0.476. The van der Waals surface area contributed by atoms with Crippen molar-refractivity contribution in [1.29, 1.82) is 0 Å². The molecule has 0 bridgehead atoms. The maximum absolute atomic E-state index is 12.1. The van der Waals surface area contributed by atoms with E-state index < -0.39 is 0 Å². The van der Waals surface area contributed by atoms with Gasteiger partial charge < -0.3 is 4.90 Å². The number of hydrogen-bond donors (Lipinski definition) is 0. The summed E-state index contributed by atoms with van der Waals surface area (Å²) in [6.45, 7) is 0. The van der Waals surface area contributed by atoms with E-state index in [-0.39, 0.29) is 17.9 Å². The van der Waals surface area contributed by atoms with E-state index in [1.165, 1.54) is 11.1 Å². The van der Waals surface area contributed by atoms with E-state index in [2.05, 4.69) is 24.3 Å². The molecule has 2 atom stereocenters. The van der Waals surface area contributed by atoms with Crippen LogP contribution in [-0.4, -0.2) is 17.9 Å². The lowest BCUT2D eigenvalue weighted by Gasteiger charge is -2.25. The molecule has 1 aliphatic rings. The first-order chi connectivity index (χ1) is 9.27. The summed E-state index contributed by atoms with van der Waals surface area (Å²) in [7, 11) is 1.91. The number of nitrogens with zero attached hydrogens (tertiary/aromatic N) is 1. The first-order valence-corrected chi connectivity index (χ1v) is 6.63. The number of hydrogen-bond acceptors (Lipinski definition) is 1. The summed E-state index contributed by atoms with van der Waals surface area (Å²) < 4.78 is 0. The lowest BCUT2D eigenvalue weighted by atomic mass is 9.87. The van der Waals surface area contributed by atoms with Crippen LogP contribution < -0.4 is 0 Å². The molecule has 1 fully saturated rings. The minimum Gasteiger partial charge on any atom is -0.338 e. The molecule has 0 saturated carbocycles. The summed E-state index contributed by atoms with van der Waals surface area (Å²) in [4.78, 5) is 13.9. The smallest absolute Gasteiger partial charge is 0.223 e. The quantitative estimate of drug-likeness (QED) is 0.801. The number of likely N-dealkylation sites (tertiary alicyclic amines) is 1. The van der Waals surface area contributed by atoms with Gasteiger partial charge in [0.2, 0.25) is 5.91 Å². The van der Waals surface area contributed by atoms with Gasteiger partial charge in [-0.3, -0.25) is 4.79 Å². The number of carbonyl (C=O) groups excluding carboxylic acids is 1. The zero-order chi connectivity index (χ0) is 13.2. The molecule has 3 rings (SSSR count). The molecule has 0 N–H and O–H groups in total. The minimum absolute atomic E-state index is 0.149. The Morgan fingerprint density at radius 3 is 2.00 bits per heavy atom. The van der Waals surface area contributed by atoms with E-state index in [0.29, 0.717) is 6.42 Å². The monoisotopic (exact) mass is 251 g/mol. The molecule has 19 heavy (non-hydrogen) atoms. The van der Waals surface area contributed by atoms with E-state index in [1.54, 1.807) is 0 Å². The highest BCUT2D eigenvalue weighted by Gasteiger charge is 2.38. The van der Waals surface area contributed by atoms with Crippen LogP contribution in [0.5, 0.6) is 0 Å². The number of likely N-dealkylation sites (N-methyl/N-ethyl adjacent to an activating group) is 1. The zero-order valence-corrected chi connectivity index (χ0v) is 11.0. The average Bonchev–Trinajstić information content (AvgIpc) is 2.77. The van der Waals surface area contributed by atoms with Gasteiger partial charge >= 0.3 is 0 Å². The summed E-state index contributed by atoms with van der Waals surface area (Å²) >= 11 is 0. The molecule has 0 radical (unpaired) electrons. The van der Waals surface area contributed by atoms with Crippen LogP contribution in [0.2, 0.25) is 0 Å². The van der Waals surface area contributed by atoms with Crippen molar-refractivity contribution < 1.29 is 4.79 Å². The van der Waals surface area contributed by atoms with Crippen molar-refractivity contribution >= 4 is 5.91 Å². The van der Waals surface area contributed by atoms with Crippen LogP contribution in [0.4, 0.5) is 0 Å². The third-order valence-electron chi connectivity index (χ3n) is 3.96. The van der Waals surface area contributed by atoms with Gasteiger partial charge in [0, 0.05) is 19.4 Å². The van der Waals surface area contributed by atoms with Gasteiger partial charge in [0.25, 0.3) is 0 Å². The Hall–Kier alpha value is -2.09. The molecule has 1 saturated heterocycles. The van der Waals surface area contributed by atoms with Crippen molar-refractivity contribution in [3.8, 4) is 0 Å². The fourth-order valence-corrected chi connectivity index (χ4v) is 2.98. The van der Waals surface area contributed by atoms with Crippen LogP contribution in [0.25, 0.3) is 0 Å². The average molecular weight is 251 g/mol. The van der Waals surface area contributed by atoms with E-state index in [1.807, 2.05) is 48.3 Å². The molecule has 0 aliphatic carbocycles. The van der Waals surface area contributed by atoms with E-state index in [0.717, 1.165) is 0 Å². The largest absolute Gasteiger partial charge is 0.338 e. The Morgan fingerprint density at radius 2 is 1.42 bits per heavy atom. The van der Waals surface area contributed by atoms with E-state index in [9.17, 15) is 4.79 Å². The van der Waals surface area contributed by atoms with Crippen LogP contribution in [0.15, 0.2) is 60.7 Å². The van der Waals surface area contributed by atoms with Crippen molar-refractivity contribution in [1.82, 2.24) is 4.90 Å². The highest BCUT2D eigenvalue weighted by Crippen LogP contribution is 2.43. The maximum Gasteiger partial charge on any atom is 0.223 e. The molecule has 0 aromatic heterocycles. The highest BCUT2D eigenvalue weighted by atomic mass is 16.2. The minimum atomic E-state index is 0.149. The van der Waals surface area contributed by atoms with E-state index in [4.69, 9.17) is 0 Å². The molecule has 96 valence electrons. The molecule has 1 aliphatic heterocycles. The van der Waals surface area contributed by atoms with E-state index >= 15 is 0 Å². The Morgan fingerprint density at radius 1 is 0.895 bits per heavy atom. The summed E-state index contributed by atoms with van der Waals surface area (Å²) in [6.07, 6.45) is 0.597. The second kappa shape index (κ2) is 4.88. The first-order valence-electron chi connectivity index (χ1n) is 6.63. The van der Waals surface area contributed by atoms with Crippen molar-refractivity contribution in [2.45, 2.75) is 18.4 Å². The van der Waals surface area contributed by atoms with Crippen molar-refractivity contribution in [2.24, 2.45) is 0 Å². The Kier molecular flexibility index (Phi) is 3.08. The topological polar surface area (TPSA) is 20.3 Å². The number of carbonyl (C=O) groups is 1. The molecule has 1 amide bonds. The van der Waals surface area contributed by atoms with Gasteiger partial charge in [-0.05, 0) is 11.1 Å². The van der Waals surface area contributed by atoms with Gasteiger partial charge in [-0.1, -0.05) is 60.7 Å². The van der Waals surface area contributed by atoms with Gasteiger partial charge in [0.15, 0.2) is 0 Å². The van der Waals surface area contributed by atoms with Gasteiger partial charge in [0.05, 0.1) is 6.04 Å². The second-order valence-electron chi connectivity index (χ2n) is 5.08. The standard InChI is InChI=1S/C17H17NO/c1-18-16(19)12-15(13-8-4-2-5-9-13)17(18)14-10-6-3-7-11-14/h2-11,15,17H,12H2,1H3/t15-,17+/m1/s1. The molecule has 2 nitrogen and oxygen atoms in total. The number of rotatable bonds is 2. The van der Waals surface area contributed by atoms with Crippen LogP contribution in [0.3, 0.4) is 0 Å². The molecule has 2 aromatic rings. The summed E-state index contributed by atoms with van der Waals surface area (Å²) in [5.41, 5.74) is 2.46. The van der Waals surface area contributed by atoms with Crippen LogP contribution >= 0.6 is 0 Å². The molecular formula is C17H17NO. The number of amides is 1. The third kappa shape index (κ3) is 2.14. The molecule has 1 heterocycles. The fourth-order valence-electron chi connectivity index (χ4n) is 2.98. The second-order valence-corrected chi connectivity index (χ2v) is 5.08. The Bertz CT molecular complexity index is 564. The zero-order valence-electron chi connectivity index (χ0n) is 11.0. The van der Waals surface area contributed by atoms with Gasteiger partial charge in [-0.15, -0.1) is 0 Å². The van der Waals surface area contributed by atoms with Crippen molar-refractivity contribution in [2.75, 3.05) is 7.05 Å². The van der Waals surface area contributed by atoms with Crippen LogP contribution in [0.1, 0.15) is 29.5 Å². The lowest BCUT2D eigenvalue weighted by Crippen LogP contribution is -2.23. The maximum atomic E-state index is 12.1. The molecule has 0 spiro atoms. The van der Waals surface area contributed by atoms with Gasteiger partial charge in [-0.25, -0.2) is 0 Å². The molecule has 2 aromatic carbocycles. The SMILES string of the molecule is CN1C(=O)C[C@H](c2ccccc2)[C@@H]1c1ccccc1.